The molecule has 1 N–H and O–H groups in total. The number of piperazine rings is 1. The first-order chi connectivity index (χ1) is 10.2. The van der Waals surface area contributed by atoms with Crippen molar-refractivity contribution in [2.24, 2.45) is 0 Å². The highest BCUT2D eigenvalue weighted by molar-refractivity contribution is 5.84. The number of likely N-dealkylation sites (N-methyl/N-ethyl adjacent to an activating group) is 1. The lowest BCUT2D eigenvalue weighted by molar-refractivity contribution is 0.102. The van der Waals surface area contributed by atoms with E-state index in [9.17, 15) is 0 Å². The van der Waals surface area contributed by atoms with Crippen LogP contribution in [0.25, 0.3) is 10.8 Å². The zero-order chi connectivity index (χ0) is 14.7. The number of nitrogens with one attached hydrogen (secondary N) is 1. The van der Waals surface area contributed by atoms with E-state index in [1.807, 2.05) is 6.07 Å². The molecular formula is C17H23N3O. The molecule has 0 atom stereocenters. The maximum atomic E-state index is 5.27. The molecule has 1 aliphatic heterocycles. The lowest BCUT2D eigenvalue weighted by atomic mass is 10.1. The second kappa shape index (κ2) is 6.43. The Morgan fingerprint density at radius 2 is 1.71 bits per heavy atom. The molecule has 1 aliphatic rings. The second-order valence-electron chi connectivity index (χ2n) is 5.67. The van der Waals surface area contributed by atoms with Crippen LogP contribution in [0.15, 0.2) is 36.4 Å². The molecule has 21 heavy (non-hydrogen) atoms. The first-order valence-corrected chi connectivity index (χ1v) is 7.48. The number of hydrogen-bond acceptors (Lipinski definition) is 4. The molecule has 0 radical (unpaired) electrons. The van der Waals surface area contributed by atoms with Crippen LogP contribution in [0, 0.1) is 0 Å². The van der Waals surface area contributed by atoms with Crippen molar-refractivity contribution in [2.45, 2.75) is 6.54 Å². The minimum Gasteiger partial charge on any atom is -0.497 e. The van der Waals surface area contributed by atoms with E-state index in [1.165, 1.54) is 16.3 Å². The Balaban J connectivity index is 1.64. The molecule has 112 valence electrons. The largest absolute Gasteiger partial charge is 0.497 e. The summed E-state index contributed by atoms with van der Waals surface area (Å²) in [5.74, 6) is 0.908. The van der Waals surface area contributed by atoms with Crippen LogP contribution in [0.4, 0.5) is 0 Å². The van der Waals surface area contributed by atoms with Crippen LogP contribution in [0.3, 0.4) is 0 Å². The summed E-state index contributed by atoms with van der Waals surface area (Å²) in [4.78, 5) is 2.36. The smallest absolute Gasteiger partial charge is 0.119 e. The number of hydrogen-bond donors (Lipinski definition) is 1. The summed E-state index contributed by atoms with van der Waals surface area (Å²) in [7, 11) is 3.88. The van der Waals surface area contributed by atoms with Gasteiger partial charge in [0.2, 0.25) is 0 Å². The quantitative estimate of drug-likeness (QED) is 0.931. The van der Waals surface area contributed by atoms with Crippen LogP contribution in [-0.2, 0) is 6.54 Å². The number of methoxy groups -OCH3 is 1. The third-order valence-corrected chi connectivity index (χ3v) is 4.12. The van der Waals surface area contributed by atoms with E-state index in [0.717, 1.165) is 38.5 Å². The van der Waals surface area contributed by atoms with Crippen molar-refractivity contribution in [3.05, 3.63) is 42.0 Å². The minimum absolute atomic E-state index is 0.881. The fourth-order valence-electron chi connectivity index (χ4n) is 2.68. The molecule has 4 nitrogen and oxygen atoms in total. The fraction of sp³-hybridized carbons (Fsp3) is 0.412. The Hall–Kier alpha value is -1.62. The van der Waals surface area contributed by atoms with Crippen molar-refractivity contribution in [2.75, 3.05) is 40.3 Å². The van der Waals surface area contributed by atoms with Crippen LogP contribution in [0.1, 0.15) is 5.56 Å². The van der Waals surface area contributed by atoms with Gasteiger partial charge in [-0.3, -0.25) is 5.43 Å². The zero-order valence-electron chi connectivity index (χ0n) is 12.8. The van der Waals surface area contributed by atoms with Gasteiger partial charge in [0.05, 0.1) is 7.11 Å². The van der Waals surface area contributed by atoms with Gasteiger partial charge in [-0.1, -0.05) is 18.2 Å². The lowest BCUT2D eigenvalue weighted by Gasteiger charge is -2.32. The van der Waals surface area contributed by atoms with Gasteiger partial charge >= 0.3 is 0 Å². The molecule has 0 spiro atoms. The first-order valence-electron chi connectivity index (χ1n) is 7.48. The molecule has 0 unspecified atom stereocenters. The van der Waals surface area contributed by atoms with E-state index in [2.05, 4.69) is 52.7 Å². The Labute approximate surface area is 126 Å². The monoisotopic (exact) mass is 285 g/mol. The number of ether oxygens (including phenoxy) is 1. The van der Waals surface area contributed by atoms with Crippen molar-refractivity contribution in [3.63, 3.8) is 0 Å². The molecule has 1 fully saturated rings. The summed E-state index contributed by atoms with van der Waals surface area (Å²) in [6.07, 6.45) is 0. The molecule has 0 amide bonds. The number of rotatable bonds is 4. The zero-order valence-corrected chi connectivity index (χ0v) is 12.8. The molecule has 0 saturated carbocycles. The predicted molar refractivity (Wildman–Crippen MR) is 86.4 cm³/mol. The molecule has 2 aromatic rings. The Bertz CT molecular complexity index is 606. The van der Waals surface area contributed by atoms with Crippen LogP contribution < -0.4 is 10.2 Å². The molecule has 0 bridgehead atoms. The summed E-state index contributed by atoms with van der Waals surface area (Å²) in [6.45, 7) is 5.31. The van der Waals surface area contributed by atoms with Gasteiger partial charge in [0.25, 0.3) is 0 Å². The molecule has 2 aromatic carbocycles. The number of fused-ring (bicyclic) bond motifs is 1. The van der Waals surface area contributed by atoms with Gasteiger partial charge in [-0.25, -0.2) is 5.01 Å². The highest BCUT2D eigenvalue weighted by atomic mass is 16.5. The second-order valence-corrected chi connectivity index (χ2v) is 5.67. The number of nitrogens with zero attached hydrogens (tertiary/aromatic N) is 2. The minimum atomic E-state index is 0.881. The maximum absolute atomic E-state index is 5.27. The summed E-state index contributed by atoms with van der Waals surface area (Å²) < 4.78 is 5.27. The summed E-state index contributed by atoms with van der Waals surface area (Å²) in [5.41, 5.74) is 4.84. The van der Waals surface area contributed by atoms with Gasteiger partial charge in [-0.15, -0.1) is 0 Å². The highest BCUT2D eigenvalue weighted by Crippen LogP contribution is 2.21. The van der Waals surface area contributed by atoms with E-state index >= 15 is 0 Å². The molecule has 1 saturated heterocycles. The van der Waals surface area contributed by atoms with Gasteiger partial charge in [-0.2, -0.15) is 0 Å². The normalized spacial score (nSPS) is 17.2. The van der Waals surface area contributed by atoms with E-state index in [1.54, 1.807) is 7.11 Å². The summed E-state index contributed by atoms with van der Waals surface area (Å²) in [5, 5.41) is 4.80. The molecule has 0 aromatic heterocycles. The lowest BCUT2D eigenvalue weighted by Crippen LogP contribution is -2.50. The standard InChI is InChI=1S/C17H23N3O/c1-19-7-9-20(10-8-19)18-13-14-3-4-16-12-17(21-2)6-5-15(16)11-14/h3-6,11-12,18H,7-10,13H2,1-2H3. The van der Waals surface area contributed by atoms with Gasteiger partial charge in [-0.05, 0) is 41.6 Å². The van der Waals surface area contributed by atoms with Crippen LogP contribution in [-0.4, -0.2) is 50.2 Å². The SMILES string of the molecule is COc1ccc2cc(CNN3CCN(C)CC3)ccc2c1. The van der Waals surface area contributed by atoms with Crippen molar-refractivity contribution in [1.82, 2.24) is 15.3 Å². The van der Waals surface area contributed by atoms with Gasteiger partial charge < -0.3 is 9.64 Å². The molecule has 1 heterocycles. The van der Waals surface area contributed by atoms with Gasteiger partial charge in [0.15, 0.2) is 0 Å². The number of benzene rings is 2. The molecule has 0 aliphatic carbocycles. The molecule has 3 rings (SSSR count). The highest BCUT2D eigenvalue weighted by Gasteiger charge is 2.12. The van der Waals surface area contributed by atoms with Crippen molar-refractivity contribution >= 4 is 10.8 Å². The van der Waals surface area contributed by atoms with Crippen molar-refractivity contribution in [1.29, 1.82) is 0 Å². The van der Waals surface area contributed by atoms with E-state index in [0.29, 0.717) is 0 Å². The molecule has 4 heteroatoms. The average Bonchev–Trinajstić information content (AvgIpc) is 2.53. The topological polar surface area (TPSA) is 27.7 Å². The van der Waals surface area contributed by atoms with Crippen LogP contribution in [0.2, 0.25) is 0 Å². The first kappa shape index (κ1) is 14.3. The van der Waals surface area contributed by atoms with Crippen LogP contribution >= 0.6 is 0 Å². The average molecular weight is 285 g/mol. The fourth-order valence-corrected chi connectivity index (χ4v) is 2.68. The third-order valence-electron chi connectivity index (χ3n) is 4.12. The van der Waals surface area contributed by atoms with Crippen molar-refractivity contribution in [3.8, 4) is 5.75 Å². The molecular weight excluding hydrogens is 262 g/mol. The Morgan fingerprint density at radius 1 is 1.00 bits per heavy atom. The van der Waals surface area contributed by atoms with Gasteiger partial charge in [0, 0.05) is 32.7 Å². The van der Waals surface area contributed by atoms with Gasteiger partial charge in [0.1, 0.15) is 5.75 Å². The van der Waals surface area contributed by atoms with E-state index in [-0.39, 0.29) is 0 Å². The Kier molecular flexibility index (Phi) is 4.39. The summed E-state index contributed by atoms with van der Waals surface area (Å²) >= 11 is 0. The van der Waals surface area contributed by atoms with E-state index in [4.69, 9.17) is 4.74 Å². The summed E-state index contributed by atoms with van der Waals surface area (Å²) in [6, 6.07) is 12.8. The van der Waals surface area contributed by atoms with Crippen LogP contribution in [0.5, 0.6) is 5.75 Å². The van der Waals surface area contributed by atoms with Crippen molar-refractivity contribution < 1.29 is 4.74 Å². The number of hydrazine groups is 1. The third kappa shape index (κ3) is 3.53. The predicted octanol–water partition coefficient (Wildman–Crippen LogP) is 2.10. The maximum Gasteiger partial charge on any atom is 0.119 e. The van der Waals surface area contributed by atoms with E-state index < -0.39 is 0 Å². The Morgan fingerprint density at radius 3 is 2.48 bits per heavy atom.